The molecule has 0 bridgehead atoms. The van der Waals surface area contributed by atoms with E-state index in [1.165, 1.54) is 18.1 Å². The van der Waals surface area contributed by atoms with Crippen molar-refractivity contribution in [2.75, 3.05) is 26.2 Å². The molecule has 7 heteroatoms. The van der Waals surface area contributed by atoms with E-state index in [0.29, 0.717) is 17.2 Å². The molecule has 3 aromatic rings. The molecular weight excluding hydrogens is 372 g/mol. The van der Waals surface area contributed by atoms with E-state index in [1.807, 2.05) is 29.9 Å². The molecule has 0 aliphatic heterocycles. The zero-order valence-electron chi connectivity index (χ0n) is 16.7. The van der Waals surface area contributed by atoms with Gasteiger partial charge in [0.15, 0.2) is 0 Å². The topological polar surface area (TPSA) is 70.0 Å². The molecule has 1 aromatic heterocycles. The van der Waals surface area contributed by atoms with Gasteiger partial charge < -0.3 is 18.8 Å². The summed E-state index contributed by atoms with van der Waals surface area (Å²) < 4.78 is 17.4. The van der Waals surface area contributed by atoms with Gasteiger partial charge in [0.05, 0.1) is 19.7 Å². The molecule has 2 aromatic carbocycles. The van der Waals surface area contributed by atoms with E-state index in [0.717, 1.165) is 16.5 Å². The Balaban J connectivity index is 1.91. The first-order chi connectivity index (χ1) is 13.9. The number of fused-ring (bicyclic) bond motifs is 1. The summed E-state index contributed by atoms with van der Waals surface area (Å²) >= 11 is 0. The lowest BCUT2D eigenvalue weighted by atomic mass is 10.1. The molecule has 0 aliphatic carbocycles. The summed E-state index contributed by atoms with van der Waals surface area (Å²) in [7, 11) is 6.41. The number of rotatable bonds is 5. The predicted molar refractivity (Wildman–Crippen MR) is 111 cm³/mol. The van der Waals surface area contributed by atoms with Gasteiger partial charge in [-0.15, -0.1) is 0 Å². The van der Waals surface area contributed by atoms with E-state index >= 15 is 0 Å². The summed E-state index contributed by atoms with van der Waals surface area (Å²) in [6.07, 6.45) is 4.29. The van der Waals surface area contributed by atoms with Crippen molar-refractivity contribution in [2.45, 2.75) is 0 Å². The summed E-state index contributed by atoms with van der Waals surface area (Å²) in [6.45, 7) is 0. The van der Waals surface area contributed by atoms with E-state index in [2.05, 4.69) is 4.74 Å². The summed E-state index contributed by atoms with van der Waals surface area (Å²) in [5.74, 6) is 0.639. The molecule has 1 heterocycles. The van der Waals surface area contributed by atoms with Crippen LogP contribution in [0.25, 0.3) is 17.0 Å². The van der Waals surface area contributed by atoms with Crippen LogP contribution in [0.3, 0.4) is 0 Å². The maximum atomic E-state index is 12.7. The molecule has 7 nitrogen and oxygen atoms in total. The smallest absolute Gasteiger partial charge is 0.419 e. The molecule has 0 fully saturated rings. The van der Waals surface area contributed by atoms with Crippen LogP contribution in [0.5, 0.6) is 11.5 Å². The van der Waals surface area contributed by atoms with Crippen molar-refractivity contribution in [2.24, 2.45) is 7.05 Å². The minimum absolute atomic E-state index is 0.401. The van der Waals surface area contributed by atoms with Crippen molar-refractivity contribution < 1.29 is 23.8 Å². The zero-order valence-corrected chi connectivity index (χ0v) is 16.7. The molecule has 0 N–H and O–H groups in total. The van der Waals surface area contributed by atoms with Gasteiger partial charge in [0.25, 0.3) is 0 Å². The average molecular weight is 394 g/mol. The Labute approximate surface area is 168 Å². The minimum atomic E-state index is -0.533. The number of hydrogen-bond acceptors (Lipinski definition) is 5. The molecule has 0 spiro atoms. The normalized spacial score (nSPS) is 10.9. The average Bonchev–Trinajstić information content (AvgIpc) is 3.08. The first kappa shape index (κ1) is 20.0. The Morgan fingerprint density at radius 1 is 1.07 bits per heavy atom. The second-order valence-corrected chi connectivity index (χ2v) is 6.33. The molecule has 0 saturated heterocycles. The van der Waals surface area contributed by atoms with Crippen LogP contribution in [-0.2, 0) is 16.6 Å². The van der Waals surface area contributed by atoms with Crippen molar-refractivity contribution in [1.82, 2.24) is 4.57 Å². The Bertz CT molecular complexity index is 1070. The molecule has 0 unspecified atom stereocenters. The number of hydrogen-bond donors (Lipinski definition) is 0. The molecule has 3 rings (SSSR count). The largest absolute Gasteiger partial charge is 0.497 e. The lowest BCUT2D eigenvalue weighted by Crippen LogP contribution is -2.29. The zero-order chi connectivity index (χ0) is 21.0. The summed E-state index contributed by atoms with van der Waals surface area (Å²) in [5.41, 5.74) is 2.28. The summed E-state index contributed by atoms with van der Waals surface area (Å²) in [6, 6.07) is 12.5. The van der Waals surface area contributed by atoms with Gasteiger partial charge in [-0.2, -0.15) is 0 Å². The fourth-order valence-corrected chi connectivity index (χ4v) is 2.96. The van der Waals surface area contributed by atoms with Crippen LogP contribution in [-0.4, -0.2) is 37.9 Å². The number of aryl methyl sites for hydroxylation is 1. The molecule has 150 valence electrons. The van der Waals surface area contributed by atoms with E-state index in [4.69, 9.17) is 9.47 Å². The number of esters is 1. The molecular formula is C22H22N2O5. The Morgan fingerprint density at radius 3 is 2.45 bits per heavy atom. The van der Waals surface area contributed by atoms with Crippen molar-refractivity contribution in [3.05, 3.63) is 60.3 Å². The van der Waals surface area contributed by atoms with Crippen molar-refractivity contribution >= 4 is 34.7 Å². The number of carbonyl (C=O) groups excluding carboxylic acids is 2. The van der Waals surface area contributed by atoms with E-state index < -0.39 is 12.1 Å². The lowest BCUT2D eigenvalue weighted by molar-refractivity contribution is -0.134. The first-order valence-corrected chi connectivity index (χ1v) is 8.88. The van der Waals surface area contributed by atoms with E-state index in [9.17, 15) is 9.59 Å². The maximum Gasteiger partial charge on any atom is 0.419 e. The van der Waals surface area contributed by atoms with Gasteiger partial charge in [-0.05, 0) is 42.5 Å². The van der Waals surface area contributed by atoms with Gasteiger partial charge in [-0.1, -0.05) is 6.07 Å². The molecule has 1 amide bonds. The van der Waals surface area contributed by atoms with Crippen LogP contribution >= 0.6 is 0 Å². The highest BCUT2D eigenvalue weighted by Crippen LogP contribution is 2.32. The fourth-order valence-electron chi connectivity index (χ4n) is 2.96. The molecule has 0 saturated carbocycles. The number of ether oxygens (including phenoxy) is 3. The summed E-state index contributed by atoms with van der Waals surface area (Å²) in [4.78, 5) is 25.6. The van der Waals surface area contributed by atoms with E-state index in [1.54, 1.807) is 50.6 Å². The maximum absolute atomic E-state index is 12.7. The van der Waals surface area contributed by atoms with Gasteiger partial charge in [-0.25, -0.2) is 9.59 Å². The molecule has 29 heavy (non-hydrogen) atoms. The molecule has 0 atom stereocenters. The molecule has 0 radical (unpaired) electrons. The second-order valence-electron chi connectivity index (χ2n) is 6.33. The number of anilines is 1. The van der Waals surface area contributed by atoms with Crippen molar-refractivity contribution in [3.63, 3.8) is 0 Å². The Hall–Kier alpha value is -3.74. The van der Waals surface area contributed by atoms with E-state index in [-0.39, 0.29) is 0 Å². The number of methoxy groups -OCH3 is 2. The second kappa shape index (κ2) is 8.52. The quantitative estimate of drug-likeness (QED) is 0.483. The third-order valence-corrected chi connectivity index (χ3v) is 4.54. The van der Waals surface area contributed by atoms with Crippen LogP contribution < -0.4 is 14.4 Å². The van der Waals surface area contributed by atoms with Crippen LogP contribution in [0, 0.1) is 0 Å². The number of carbonyl (C=O) groups is 2. The number of benzene rings is 2. The van der Waals surface area contributed by atoms with Crippen molar-refractivity contribution in [3.8, 4) is 11.5 Å². The van der Waals surface area contributed by atoms with Crippen LogP contribution in [0.2, 0.25) is 0 Å². The number of amides is 1. The van der Waals surface area contributed by atoms with Gasteiger partial charge in [0.1, 0.15) is 11.5 Å². The first-order valence-electron chi connectivity index (χ1n) is 8.88. The lowest BCUT2D eigenvalue weighted by Gasteiger charge is -2.17. The Morgan fingerprint density at radius 2 is 1.79 bits per heavy atom. The SMILES string of the molecule is COC(=O)/C=C/c1cn(C)c2cccc(OC(=O)N(C)c3ccc(OC)cc3)c12. The summed E-state index contributed by atoms with van der Waals surface area (Å²) in [5, 5.41) is 0.728. The van der Waals surface area contributed by atoms with Crippen LogP contribution in [0.1, 0.15) is 5.56 Å². The van der Waals surface area contributed by atoms with Crippen LogP contribution in [0.4, 0.5) is 10.5 Å². The van der Waals surface area contributed by atoms with Crippen LogP contribution in [0.15, 0.2) is 54.7 Å². The fraction of sp³-hybridized carbons (Fsp3) is 0.182. The van der Waals surface area contributed by atoms with Crippen molar-refractivity contribution in [1.29, 1.82) is 0 Å². The highest BCUT2D eigenvalue weighted by atomic mass is 16.6. The monoisotopic (exact) mass is 394 g/mol. The van der Waals surface area contributed by atoms with Gasteiger partial charge in [0.2, 0.25) is 0 Å². The third kappa shape index (κ3) is 4.24. The van der Waals surface area contributed by atoms with Gasteiger partial charge in [0, 0.05) is 43.0 Å². The Kier molecular flexibility index (Phi) is 5.87. The number of aromatic nitrogens is 1. The third-order valence-electron chi connectivity index (χ3n) is 4.54. The number of nitrogens with zero attached hydrogens (tertiary/aromatic N) is 2. The highest BCUT2D eigenvalue weighted by molar-refractivity contribution is 5.99. The highest BCUT2D eigenvalue weighted by Gasteiger charge is 2.17. The minimum Gasteiger partial charge on any atom is -0.497 e. The standard InChI is InChI=1S/C22H22N2O5/c1-23-14-15(8-13-20(25)28-4)21-18(23)6-5-7-19(21)29-22(26)24(2)16-9-11-17(27-3)12-10-16/h5-14H,1-4H3/b13-8+. The predicted octanol–water partition coefficient (Wildman–Crippen LogP) is 4.01. The van der Waals surface area contributed by atoms with Gasteiger partial charge in [-0.3, -0.25) is 4.90 Å². The van der Waals surface area contributed by atoms with Gasteiger partial charge >= 0.3 is 12.1 Å². The molecule has 0 aliphatic rings.